The Morgan fingerprint density at radius 2 is 1.68 bits per heavy atom. The Morgan fingerprint density at radius 3 is 2.18 bits per heavy atom. The molecule has 28 heavy (non-hydrogen) atoms. The fraction of sp³-hybridized carbons (Fsp3) is 0.176. The number of aryl methyl sites for hydroxylation is 1. The van der Waals surface area contributed by atoms with Gasteiger partial charge in [0.25, 0.3) is 15.7 Å². The molecule has 0 spiro atoms. The zero-order valence-electron chi connectivity index (χ0n) is 14.7. The Hall–Kier alpha value is -3.47. The van der Waals surface area contributed by atoms with Crippen LogP contribution in [0.4, 0.5) is 10.5 Å². The maximum absolute atomic E-state index is 12.4. The number of nitrogens with one attached hydrogen (secondary N) is 1. The van der Waals surface area contributed by atoms with Gasteiger partial charge in [-0.1, -0.05) is 29.8 Å². The van der Waals surface area contributed by atoms with Crippen molar-refractivity contribution >= 4 is 27.7 Å². The maximum atomic E-state index is 12.4. The molecule has 2 amide bonds. The minimum atomic E-state index is -4.19. The minimum Gasteiger partial charge on any atom is -0.480 e. The van der Waals surface area contributed by atoms with Gasteiger partial charge in [-0.15, -0.1) is 0 Å². The summed E-state index contributed by atoms with van der Waals surface area (Å²) >= 11 is 0. The number of aliphatic carboxylic acids is 1. The van der Waals surface area contributed by atoms with E-state index >= 15 is 0 Å². The summed E-state index contributed by atoms with van der Waals surface area (Å²) in [4.78, 5) is 34.2. The topological polar surface area (TPSA) is 147 Å². The lowest BCUT2D eigenvalue weighted by Crippen LogP contribution is -2.44. The number of carbonyl (C=O) groups excluding carboxylic acids is 1. The van der Waals surface area contributed by atoms with Crippen molar-refractivity contribution in [2.75, 3.05) is 6.54 Å². The van der Waals surface area contributed by atoms with Gasteiger partial charge in [0.2, 0.25) is 0 Å². The fourth-order valence-corrected chi connectivity index (χ4v) is 3.23. The number of carbonyl (C=O) groups is 2. The van der Waals surface area contributed by atoms with Crippen LogP contribution >= 0.6 is 0 Å². The summed E-state index contributed by atoms with van der Waals surface area (Å²) in [5.74, 6) is -1.34. The van der Waals surface area contributed by atoms with Crippen molar-refractivity contribution in [1.82, 2.24) is 9.62 Å². The Balaban J connectivity index is 2.19. The van der Waals surface area contributed by atoms with Crippen LogP contribution in [0.25, 0.3) is 0 Å². The van der Waals surface area contributed by atoms with E-state index in [-0.39, 0.29) is 17.1 Å². The molecule has 0 aliphatic carbocycles. The average Bonchev–Trinajstić information content (AvgIpc) is 2.61. The highest BCUT2D eigenvalue weighted by Crippen LogP contribution is 2.15. The zero-order chi connectivity index (χ0) is 20.9. The molecule has 11 heteroatoms. The molecule has 0 radical (unpaired) electrons. The molecule has 0 heterocycles. The molecule has 0 unspecified atom stereocenters. The number of urea groups is 1. The van der Waals surface area contributed by atoms with Crippen LogP contribution in [0.2, 0.25) is 0 Å². The van der Waals surface area contributed by atoms with Crippen LogP contribution in [-0.4, -0.2) is 41.9 Å². The number of nitro benzene ring substituents is 1. The molecular formula is C17H17N3O7S. The number of nitrogens with zero attached hydrogens (tertiary/aromatic N) is 2. The summed E-state index contributed by atoms with van der Waals surface area (Å²) in [6, 6.07) is 9.76. The largest absolute Gasteiger partial charge is 0.480 e. The lowest BCUT2D eigenvalue weighted by Gasteiger charge is -2.21. The van der Waals surface area contributed by atoms with Gasteiger partial charge in [0.05, 0.1) is 9.82 Å². The number of amides is 2. The predicted molar refractivity (Wildman–Crippen MR) is 98.0 cm³/mol. The normalized spacial score (nSPS) is 10.9. The average molecular weight is 407 g/mol. The van der Waals surface area contributed by atoms with Crippen LogP contribution in [0.15, 0.2) is 53.4 Å². The van der Waals surface area contributed by atoms with Crippen molar-refractivity contribution in [3.05, 3.63) is 69.8 Å². The Labute approximate surface area is 160 Å². The lowest BCUT2D eigenvalue weighted by molar-refractivity contribution is -0.384. The second-order valence-corrected chi connectivity index (χ2v) is 7.58. The number of hydrogen-bond acceptors (Lipinski definition) is 6. The van der Waals surface area contributed by atoms with Crippen LogP contribution < -0.4 is 4.72 Å². The van der Waals surface area contributed by atoms with E-state index in [0.29, 0.717) is 5.56 Å². The first-order valence-electron chi connectivity index (χ1n) is 7.92. The molecule has 2 N–H and O–H groups in total. The van der Waals surface area contributed by atoms with Gasteiger partial charge in [0.15, 0.2) is 0 Å². The number of hydrogen-bond donors (Lipinski definition) is 2. The number of rotatable bonds is 7. The van der Waals surface area contributed by atoms with Gasteiger partial charge in [0, 0.05) is 18.7 Å². The first kappa shape index (κ1) is 20.8. The summed E-state index contributed by atoms with van der Waals surface area (Å²) in [7, 11) is -4.19. The van der Waals surface area contributed by atoms with E-state index < -0.39 is 33.5 Å². The molecule has 2 aromatic carbocycles. The van der Waals surface area contributed by atoms with E-state index in [2.05, 4.69) is 0 Å². The van der Waals surface area contributed by atoms with Gasteiger partial charge in [-0.3, -0.25) is 14.9 Å². The van der Waals surface area contributed by atoms with Crippen molar-refractivity contribution in [3.8, 4) is 0 Å². The number of carboxylic acids is 1. The number of non-ortho nitro benzene ring substituents is 1. The van der Waals surface area contributed by atoms with E-state index in [9.17, 15) is 28.1 Å². The van der Waals surface area contributed by atoms with Gasteiger partial charge in [-0.2, -0.15) is 0 Å². The molecule has 0 saturated heterocycles. The van der Waals surface area contributed by atoms with E-state index in [1.165, 1.54) is 36.4 Å². The maximum Gasteiger partial charge on any atom is 0.332 e. The molecule has 0 saturated carbocycles. The lowest BCUT2D eigenvalue weighted by atomic mass is 10.2. The van der Waals surface area contributed by atoms with Crippen LogP contribution in [0.1, 0.15) is 11.1 Å². The van der Waals surface area contributed by atoms with Crippen molar-refractivity contribution in [3.63, 3.8) is 0 Å². The third-order valence-electron chi connectivity index (χ3n) is 3.69. The third-order valence-corrected chi connectivity index (χ3v) is 5.02. The van der Waals surface area contributed by atoms with E-state index in [0.717, 1.165) is 10.5 Å². The molecule has 0 fully saturated rings. The Bertz CT molecular complexity index is 986. The number of carboxylic acid groups (broad SMARTS) is 1. The molecule has 0 bridgehead atoms. The standard InChI is InChI=1S/C17H17N3O7S/c1-12-2-8-15(9-3-12)28(26,27)18-17(23)19(11-16(21)22)10-13-4-6-14(7-5-13)20(24)25/h2-9H,10-11H2,1H3,(H,18,23)(H,21,22). The Morgan fingerprint density at radius 1 is 1.11 bits per heavy atom. The van der Waals surface area contributed by atoms with E-state index in [1.54, 1.807) is 19.1 Å². The van der Waals surface area contributed by atoms with Gasteiger partial charge in [-0.25, -0.2) is 17.9 Å². The highest BCUT2D eigenvalue weighted by Gasteiger charge is 2.24. The molecule has 2 rings (SSSR count). The van der Waals surface area contributed by atoms with Gasteiger partial charge >= 0.3 is 12.0 Å². The quantitative estimate of drug-likeness (QED) is 0.526. The Kier molecular flexibility index (Phi) is 6.31. The fourth-order valence-electron chi connectivity index (χ4n) is 2.26. The molecular weight excluding hydrogens is 390 g/mol. The minimum absolute atomic E-state index is 0.142. The first-order valence-corrected chi connectivity index (χ1v) is 9.40. The summed E-state index contributed by atoms with van der Waals surface area (Å²) in [6.45, 7) is 0.763. The van der Waals surface area contributed by atoms with Gasteiger partial charge < -0.3 is 10.0 Å². The summed E-state index contributed by atoms with van der Waals surface area (Å²) in [6.07, 6.45) is 0. The first-order chi connectivity index (χ1) is 13.1. The van der Waals surface area contributed by atoms with Crippen LogP contribution in [0.3, 0.4) is 0 Å². The smallest absolute Gasteiger partial charge is 0.332 e. The molecule has 0 aliphatic heterocycles. The molecule has 148 valence electrons. The summed E-state index contributed by atoms with van der Waals surface area (Å²) < 4.78 is 26.5. The number of nitro groups is 1. The van der Waals surface area contributed by atoms with Gasteiger partial charge in [0.1, 0.15) is 6.54 Å². The number of benzene rings is 2. The second-order valence-electron chi connectivity index (χ2n) is 5.90. The number of sulfonamides is 1. The van der Waals surface area contributed by atoms with Crippen LogP contribution in [0.5, 0.6) is 0 Å². The highest BCUT2D eigenvalue weighted by molar-refractivity contribution is 7.90. The van der Waals surface area contributed by atoms with E-state index in [1.807, 2.05) is 4.72 Å². The third kappa shape index (κ3) is 5.51. The molecule has 10 nitrogen and oxygen atoms in total. The predicted octanol–water partition coefficient (Wildman–Crippen LogP) is 1.89. The van der Waals surface area contributed by atoms with Crippen molar-refractivity contribution in [2.24, 2.45) is 0 Å². The highest BCUT2D eigenvalue weighted by atomic mass is 32.2. The monoisotopic (exact) mass is 407 g/mol. The zero-order valence-corrected chi connectivity index (χ0v) is 15.5. The summed E-state index contributed by atoms with van der Waals surface area (Å²) in [5.41, 5.74) is 1.06. The molecule has 0 aliphatic rings. The summed E-state index contributed by atoms with van der Waals surface area (Å²) in [5, 5.41) is 19.7. The molecule has 2 aromatic rings. The van der Waals surface area contributed by atoms with Crippen molar-refractivity contribution in [2.45, 2.75) is 18.4 Å². The second kappa shape index (κ2) is 8.48. The van der Waals surface area contributed by atoms with E-state index in [4.69, 9.17) is 5.11 Å². The molecule has 0 aromatic heterocycles. The SMILES string of the molecule is Cc1ccc(S(=O)(=O)NC(=O)N(CC(=O)O)Cc2ccc([N+](=O)[O-])cc2)cc1. The van der Waals surface area contributed by atoms with Crippen LogP contribution in [-0.2, 0) is 21.4 Å². The molecule has 0 atom stereocenters. The van der Waals surface area contributed by atoms with Crippen molar-refractivity contribution in [1.29, 1.82) is 0 Å². The van der Waals surface area contributed by atoms with Crippen molar-refractivity contribution < 1.29 is 28.0 Å². The van der Waals surface area contributed by atoms with Crippen LogP contribution in [0, 0.1) is 17.0 Å². The van der Waals surface area contributed by atoms with Gasteiger partial charge in [-0.05, 0) is 24.6 Å².